The molecule has 0 bridgehead atoms. The van der Waals surface area contributed by atoms with E-state index in [-0.39, 0.29) is 18.8 Å². The zero-order chi connectivity index (χ0) is 13.0. The first-order chi connectivity index (χ1) is 7.95. The van der Waals surface area contributed by atoms with Crippen LogP contribution in [0.3, 0.4) is 0 Å². The van der Waals surface area contributed by atoms with Gasteiger partial charge >= 0.3 is 5.97 Å². The van der Waals surface area contributed by atoms with E-state index in [1.54, 1.807) is 13.0 Å². The van der Waals surface area contributed by atoms with Gasteiger partial charge in [-0.3, -0.25) is 4.79 Å². The zero-order valence-corrected chi connectivity index (χ0v) is 11.6. The highest BCUT2D eigenvalue weighted by atomic mass is 79.9. The maximum Gasteiger partial charge on any atom is 0.323 e. The third-order valence-corrected chi connectivity index (χ3v) is 3.35. The van der Waals surface area contributed by atoms with Gasteiger partial charge < -0.3 is 15.6 Å². The number of carbonyl (C=O) groups is 1. The lowest BCUT2D eigenvalue weighted by molar-refractivity contribution is -0.144. The number of esters is 1. The Morgan fingerprint density at radius 1 is 1.65 bits per heavy atom. The third-order valence-electron chi connectivity index (χ3n) is 2.15. The number of hydrogen-bond acceptors (Lipinski definition) is 4. The Bertz CT molecular complexity index is 425. The molecule has 0 aliphatic heterocycles. The van der Waals surface area contributed by atoms with Crippen molar-refractivity contribution in [3.63, 3.8) is 0 Å². The lowest BCUT2D eigenvalue weighted by Crippen LogP contribution is -2.34. The number of halogens is 2. The van der Waals surface area contributed by atoms with Crippen molar-refractivity contribution in [2.75, 3.05) is 6.61 Å². The highest BCUT2D eigenvalue weighted by Gasteiger charge is 2.17. The summed E-state index contributed by atoms with van der Waals surface area (Å²) in [6.07, 6.45) is 0.178. The van der Waals surface area contributed by atoms with Gasteiger partial charge in [-0.05, 0) is 40.5 Å². The minimum atomic E-state index is -0.807. The summed E-state index contributed by atoms with van der Waals surface area (Å²) in [5.41, 5.74) is 6.16. The second-order valence-electron chi connectivity index (χ2n) is 3.46. The molecule has 1 unspecified atom stereocenters. The summed E-state index contributed by atoms with van der Waals surface area (Å²) in [5, 5.41) is 10.1. The molecule has 1 aromatic carbocycles. The van der Waals surface area contributed by atoms with Gasteiger partial charge in [0.15, 0.2) is 0 Å². The first-order valence-corrected chi connectivity index (χ1v) is 6.22. The van der Waals surface area contributed by atoms with Crippen molar-refractivity contribution < 1.29 is 14.6 Å². The Balaban J connectivity index is 2.81. The molecule has 0 amide bonds. The van der Waals surface area contributed by atoms with Gasteiger partial charge in [-0.15, -0.1) is 0 Å². The van der Waals surface area contributed by atoms with Crippen LogP contribution < -0.4 is 5.73 Å². The Hall–Kier alpha value is -0.780. The molecule has 1 atom stereocenters. The fourth-order valence-electron chi connectivity index (χ4n) is 1.31. The lowest BCUT2D eigenvalue weighted by atomic mass is 10.1. The lowest BCUT2D eigenvalue weighted by Gasteiger charge is -2.12. The van der Waals surface area contributed by atoms with Crippen LogP contribution in [0.4, 0.5) is 0 Å². The van der Waals surface area contributed by atoms with Crippen LogP contribution >= 0.6 is 27.5 Å². The second-order valence-corrected chi connectivity index (χ2v) is 4.72. The van der Waals surface area contributed by atoms with Crippen molar-refractivity contribution in [1.82, 2.24) is 0 Å². The van der Waals surface area contributed by atoms with Crippen molar-refractivity contribution in [2.45, 2.75) is 19.4 Å². The molecule has 6 heteroatoms. The molecule has 0 aliphatic carbocycles. The van der Waals surface area contributed by atoms with Crippen LogP contribution in [0, 0.1) is 0 Å². The normalized spacial score (nSPS) is 12.2. The maximum absolute atomic E-state index is 11.3. The number of rotatable bonds is 4. The number of aromatic hydroxyl groups is 1. The van der Waals surface area contributed by atoms with Crippen LogP contribution in [0.1, 0.15) is 12.5 Å². The van der Waals surface area contributed by atoms with Gasteiger partial charge in [0.2, 0.25) is 0 Å². The van der Waals surface area contributed by atoms with Crippen LogP contribution in [-0.4, -0.2) is 23.7 Å². The average molecular weight is 323 g/mol. The van der Waals surface area contributed by atoms with E-state index in [0.29, 0.717) is 15.1 Å². The topological polar surface area (TPSA) is 72.5 Å². The highest BCUT2D eigenvalue weighted by Crippen LogP contribution is 2.30. The Kier molecular flexibility index (Phi) is 5.24. The first-order valence-electron chi connectivity index (χ1n) is 5.04. The molecule has 1 rings (SSSR count). The first kappa shape index (κ1) is 14.3. The molecular weight excluding hydrogens is 309 g/mol. The molecule has 0 radical (unpaired) electrons. The molecular formula is C11H13BrClNO3. The summed E-state index contributed by atoms with van der Waals surface area (Å²) >= 11 is 9.08. The molecule has 0 saturated heterocycles. The van der Waals surface area contributed by atoms with E-state index < -0.39 is 12.0 Å². The van der Waals surface area contributed by atoms with Crippen LogP contribution in [-0.2, 0) is 16.0 Å². The molecule has 3 N–H and O–H groups in total. The smallest absolute Gasteiger partial charge is 0.323 e. The molecule has 94 valence electrons. The molecule has 1 aromatic rings. The van der Waals surface area contributed by atoms with Crippen molar-refractivity contribution >= 4 is 33.5 Å². The van der Waals surface area contributed by atoms with Gasteiger partial charge in [0.25, 0.3) is 0 Å². The molecule has 0 aromatic heterocycles. The summed E-state index contributed by atoms with van der Waals surface area (Å²) in [4.78, 5) is 11.3. The number of phenols is 1. The minimum Gasteiger partial charge on any atom is -0.508 e. The van der Waals surface area contributed by atoms with E-state index in [0.717, 1.165) is 0 Å². The minimum absolute atomic E-state index is 0.0426. The fourth-order valence-corrected chi connectivity index (χ4v) is 1.83. The standard InChI is InChI=1S/C11H13BrClNO3/c1-2-17-11(16)9(14)4-6-3-8(13)7(12)5-10(6)15/h3,5,9,15H,2,4,14H2,1H3. The van der Waals surface area contributed by atoms with E-state index in [9.17, 15) is 9.90 Å². The van der Waals surface area contributed by atoms with Gasteiger partial charge in [-0.1, -0.05) is 11.6 Å². The Labute approximate surface area is 113 Å². The molecule has 0 aliphatic rings. The number of hydrogen-bond donors (Lipinski definition) is 2. The van der Waals surface area contributed by atoms with Crippen molar-refractivity contribution in [3.05, 3.63) is 27.2 Å². The molecule has 4 nitrogen and oxygen atoms in total. The van der Waals surface area contributed by atoms with Gasteiger partial charge in [-0.25, -0.2) is 0 Å². The van der Waals surface area contributed by atoms with E-state index >= 15 is 0 Å². The third kappa shape index (κ3) is 3.87. The summed E-state index contributed by atoms with van der Waals surface area (Å²) in [6.45, 7) is 1.98. The molecule has 0 spiro atoms. The fraction of sp³-hybridized carbons (Fsp3) is 0.364. The predicted molar refractivity (Wildman–Crippen MR) is 69.1 cm³/mol. The van der Waals surface area contributed by atoms with Crippen molar-refractivity contribution in [2.24, 2.45) is 5.73 Å². The number of phenolic OH excluding ortho intramolecular Hbond substituents is 1. The van der Waals surface area contributed by atoms with Crippen LogP contribution in [0.25, 0.3) is 0 Å². The zero-order valence-electron chi connectivity index (χ0n) is 9.24. The Morgan fingerprint density at radius 3 is 2.88 bits per heavy atom. The highest BCUT2D eigenvalue weighted by molar-refractivity contribution is 9.10. The second kappa shape index (κ2) is 6.23. The van der Waals surface area contributed by atoms with Crippen LogP contribution in [0.2, 0.25) is 5.02 Å². The number of ether oxygens (including phenoxy) is 1. The predicted octanol–water partition coefficient (Wildman–Crippen LogP) is 2.24. The number of benzene rings is 1. The van der Waals surface area contributed by atoms with E-state index in [4.69, 9.17) is 22.1 Å². The van der Waals surface area contributed by atoms with Gasteiger partial charge in [0.05, 0.1) is 11.6 Å². The average Bonchev–Trinajstić information content (AvgIpc) is 2.26. The maximum atomic E-state index is 11.3. The number of nitrogens with two attached hydrogens (primary N) is 1. The largest absolute Gasteiger partial charge is 0.508 e. The summed E-state index contributed by atoms with van der Waals surface area (Å²) in [7, 11) is 0. The quantitative estimate of drug-likeness (QED) is 0.834. The van der Waals surface area contributed by atoms with Crippen LogP contribution in [0.5, 0.6) is 5.75 Å². The van der Waals surface area contributed by atoms with E-state index in [1.165, 1.54) is 6.07 Å². The van der Waals surface area contributed by atoms with Gasteiger partial charge in [0, 0.05) is 10.9 Å². The molecule has 17 heavy (non-hydrogen) atoms. The van der Waals surface area contributed by atoms with Gasteiger partial charge in [0.1, 0.15) is 11.8 Å². The van der Waals surface area contributed by atoms with Crippen molar-refractivity contribution in [1.29, 1.82) is 0 Å². The summed E-state index contributed by atoms with van der Waals surface area (Å²) in [5.74, 6) is -0.452. The number of carbonyl (C=O) groups excluding carboxylic acids is 1. The van der Waals surface area contributed by atoms with Crippen LogP contribution in [0.15, 0.2) is 16.6 Å². The van der Waals surface area contributed by atoms with E-state index in [2.05, 4.69) is 15.9 Å². The SMILES string of the molecule is CCOC(=O)C(N)Cc1cc(Cl)c(Br)cc1O. The van der Waals surface area contributed by atoms with E-state index in [1.807, 2.05) is 0 Å². The molecule has 0 fully saturated rings. The summed E-state index contributed by atoms with van der Waals surface area (Å²) < 4.78 is 5.37. The Morgan fingerprint density at radius 2 is 2.29 bits per heavy atom. The van der Waals surface area contributed by atoms with Crippen molar-refractivity contribution in [3.8, 4) is 5.75 Å². The molecule has 0 heterocycles. The van der Waals surface area contributed by atoms with Gasteiger partial charge in [-0.2, -0.15) is 0 Å². The summed E-state index contributed by atoms with van der Waals surface area (Å²) in [6, 6.07) is 2.23. The molecule has 0 saturated carbocycles. The monoisotopic (exact) mass is 321 g/mol.